The quantitative estimate of drug-likeness (QED) is 0.553. The van der Waals surface area contributed by atoms with Crippen LogP contribution in [0.1, 0.15) is 19.8 Å². The fourth-order valence-corrected chi connectivity index (χ4v) is 5.25. The van der Waals surface area contributed by atoms with E-state index in [1.165, 1.54) is 4.90 Å². The monoisotopic (exact) mass is 338 g/mol. The van der Waals surface area contributed by atoms with E-state index in [-0.39, 0.29) is 17.6 Å². The molecular formula is C16H22N2O4S. The van der Waals surface area contributed by atoms with Crippen LogP contribution in [-0.2, 0) is 9.59 Å². The van der Waals surface area contributed by atoms with Gasteiger partial charge in [-0.1, -0.05) is 6.08 Å². The van der Waals surface area contributed by atoms with Gasteiger partial charge in [-0.15, -0.1) is 18.3 Å². The molecule has 126 valence electrons. The average molecular weight is 338 g/mol. The molecule has 1 amide bonds. The molecular weight excluding hydrogens is 316 g/mol. The fraction of sp³-hybridized carbons (Fsp3) is 0.625. The number of amides is 1. The number of carboxylic acid groups (broad SMARTS) is 1. The maximum Gasteiger partial charge on any atom is 0.353 e. The van der Waals surface area contributed by atoms with Gasteiger partial charge in [-0.3, -0.25) is 9.69 Å². The number of rotatable bonds is 6. The van der Waals surface area contributed by atoms with Crippen LogP contribution >= 0.6 is 11.8 Å². The molecule has 3 rings (SSSR count). The van der Waals surface area contributed by atoms with Gasteiger partial charge in [0.2, 0.25) is 5.91 Å². The van der Waals surface area contributed by atoms with E-state index in [9.17, 15) is 19.8 Å². The minimum Gasteiger partial charge on any atom is -0.477 e. The minimum atomic E-state index is -1.05. The summed E-state index contributed by atoms with van der Waals surface area (Å²) < 4.78 is 0. The number of aliphatic carboxylic acids is 1. The summed E-state index contributed by atoms with van der Waals surface area (Å²) in [4.78, 5) is 28.2. The van der Waals surface area contributed by atoms with Gasteiger partial charge in [-0.2, -0.15) is 0 Å². The highest BCUT2D eigenvalue weighted by Crippen LogP contribution is 2.48. The second-order valence-electron chi connectivity index (χ2n) is 6.40. The Kier molecular flexibility index (Phi) is 4.53. The van der Waals surface area contributed by atoms with Crippen LogP contribution in [0.5, 0.6) is 0 Å². The fourth-order valence-electron chi connectivity index (χ4n) is 3.78. The number of aliphatic hydroxyl groups excluding tert-OH is 1. The highest BCUT2D eigenvalue weighted by Gasteiger charge is 2.57. The van der Waals surface area contributed by atoms with Gasteiger partial charge >= 0.3 is 5.97 Å². The summed E-state index contributed by atoms with van der Waals surface area (Å²) in [7, 11) is 0. The summed E-state index contributed by atoms with van der Waals surface area (Å²) in [5.74, 6) is -1.78. The van der Waals surface area contributed by atoms with Crippen LogP contribution in [0.25, 0.3) is 0 Å². The zero-order valence-corrected chi connectivity index (χ0v) is 14.0. The number of thioether (sulfide) groups is 1. The SMILES string of the molecule is C=CCN1CC[C@H](SC2=C(C(=O)O)N3C(=O)[C@@H]([C@H](C)O)[C@H]3C2)C1. The van der Waals surface area contributed by atoms with Crippen molar-refractivity contribution in [2.45, 2.75) is 37.2 Å². The molecule has 2 fully saturated rings. The van der Waals surface area contributed by atoms with Crippen molar-refractivity contribution in [2.24, 2.45) is 5.92 Å². The molecule has 4 atom stereocenters. The summed E-state index contributed by atoms with van der Waals surface area (Å²) in [6.07, 6.45) is 2.69. The molecule has 0 unspecified atom stereocenters. The Morgan fingerprint density at radius 1 is 1.57 bits per heavy atom. The number of likely N-dealkylation sites (tertiary alicyclic amines) is 1. The van der Waals surface area contributed by atoms with Crippen LogP contribution in [0.3, 0.4) is 0 Å². The van der Waals surface area contributed by atoms with Gasteiger partial charge in [-0.25, -0.2) is 4.79 Å². The molecule has 0 aliphatic carbocycles. The summed E-state index contributed by atoms with van der Waals surface area (Å²) in [5.41, 5.74) is 0.129. The number of carbonyl (C=O) groups excluding carboxylic acids is 1. The van der Waals surface area contributed by atoms with Crippen molar-refractivity contribution in [3.05, 3.63) is 23.3 Å². The zero-order chi connectivity index (χ0) is 16.7. The molecule has 0 aromatic heterocycles. The molecule has 3 aliphatic rings. The Hall–Kier alpha value is -1.31. The van der Waals surface area contributed by atoms with Crippen LogP contribution in [-0.4, -0.2) is 68.9 Å². The third-order valence-corrected chi connectivity index (χ3v) is 6.18. The lowest BCUT2D eigenvalue weighted by Crippen LogP contribution is -2.61. The van der Waals surface area contributed by atoms with Crippen molar-refractivity contribution >= 4 is 23.6 Å². The van der Waals surface area contributed by atoms with Gasteiger partial charge in [0.1, 0.15) is 5.70 Å². The maximum atomic E-state index is 12.2. The Labute approximate surface area is 139 Å². The lowest BCUT2D eigenvalue weighted by atomic mass is 9.83. The summed E-state index contributed by atoms with van der Waals surface area (Å²) in [6, 6.07) is -0.193. The van der Waals surface area contributed by atoms with Gasteiger partial charge in [0.15, 0.2) is 0 Å². The molecule has 7 heteroatoms. The number of β-lactam (4-membered cyclic amide) rings is 1. The first kappa shape index (κ1) is 16.5. The van der Waals surface area contributed by atoms with Crippen LogP contribution in [0.2, 0.25) is 0 Å². The number of aliphatic hydroxyl groups is 1. The van der Waals surface area contributed by atoms with E-state index in [0.717, 1.165) is 31.0 Å². The molecule has 0 radical (unpaired) electrons. The van der Waals surface area contributed by atoms with E-state index in [1.54, 1.807) is 18.7 Å². The molecule has 2 N–H and O–H groups in total. The molecule has 0 bridgehead atoms. The number of hydrogen-bond donors (Lipinski definition) is 2. The topological polar surface area (TPSA) is 81.1 Å². The smallest absolute Gasteiger partial charge is 0.353 e. The summed E-state index contributed by atoms with van der Waals surface area (Å²) >= 11 is 1.59. The second kappa shape index (κ2) is 6.30. The van der Waals surface area contributed by atoms with Crippen molar-refractivity contribution < 1.29 is 19.8 Å². The van der Waals surface area contributed by atoms with E-state index >= 15 is 0 Å². The molecule has 0 aromatic rings. The highest BCUT2D eigenvalue weighted by atomic mass is 32.2. The van der Waals surface area contributed by atoms with Crippen molar-refractivity contribution in [3.8, 4) is 0 Å². The molecule has 6 nitrogen and oxygen atoms in total. The van der Waals surface area contributed by atoms with E-state index in [4.69, 9.17) is 0 Å². The van der Waals surface area contributed by atoms with E-state index in [2.05, 4.69) is 11.5 Å². The minimum absolute atomic E-state index is 0.129. The van der Waals surface area contributed by atoms with Crippen LogP contribution < -0.4 is 0 Å². The molecule has 3 heterocycles. The van der Waals surface area contributed by atoms with Gasteiger partial charge in [0, 0.05) is 29.7 Å². The normalized spacial score (nSPS) is 32.0. The maximum absolute atomic E-state index is 12.2. The van der Waals surface area contributed by atoms with Crippen LogP contribution in [0.15, 0.2) is 23.3 Å². The van der Waals surface area contributed by atoms with E-state index in [1.807, 2.05) is 6.08 Å². The van der Waals surface area contributed by atoms with Gasteiger partial charge in [-0.05, 0) is 19.9 Å². The highest BCUT2D eigenvalue weighted by molar-refractivity contribution is 8.03. The first-order chi connectivity index (χ1) is 10.9. The average Bonchev–Trinajstić information content (AvgIpc) is 3.02. The zero-order valence-electron chi connectivity index (χ0n) is 13.1. The lowest BCUT2D eigenvalue weighted by molar-refractivity contribution is -0.161. The van der Waals surface area contributed by atoms with Crippen molar-refractivity contribution in [1.29, 1.82) is 0 Å². The molecule has 0 aromatic carbocycles. The number of hydrogen-bond acceptors (Lipinski definition) is 5. The Morgan fingerprint density at radius 3 is 2.91 bits per heavy atom. The third kappa shape index (κ3) is 2.81. The number of carboxylic acids is 1. The van der Waals surface area contributed by atoms with Crippen molar-refractivity contribution in [3.63, 3.8) is 0 Å². The first-order valence-electron chi connectivity index (χ1n) is 7.91. The standard InChI is InChI=1S/C16H22N2O4S/c1-3-5-17-6-4-10(8-17)23-12-7-11-13(9(2)19)15(20)18(11)14(12)16(21)22/h3,9-11,13,19H,1,4-8H2,2H3,(H,21,22)/t9-,10-,11+,13-/m0/s1. The van der Waals surface area contributed by atoms with Gasteiger partial charge < -0.3 is 15.1 Å². The van der Waals surface area contributed by atoms with Crippen LogP contribution in [0.4, 0.5) is 0 Å². The van der Waals surface area contributed by atoms with E-state index < -0.39 is 18.0 Å². The molecule has 0 saturated carbocycles. The lowest BCUT2D eigenvalue weighted by Gasteiger charge is -2.44. The summed E-state index contributed by atoms with van der Waals surface area (Å²) in [5, 5.41) is 19.6. The van der Waals surface area contributed by atoms with Crippen molar-refractivity contribution in [2.75, 3.05) is 19.6 Å². The predicted octanol–water partition coefficient (Wildman–Crippen LogP) is 0.888. The first-order valence-corrected chi connectivity index (χ1v) is 8.79. The number of carbonyl (C=O) groups is 2. The van der Waals surface area contributed by atoms with Crippen LogP contribution in [0, 0.1) is 5.92 Å². The number of fused-ring (bicyclic) bond motifs is 1. The second-order valence-corrected chi connectivity index (χ2v) is 7.79. The summed E-state index contributed by atoms with van der Waals surface area (Å²) in [6.45, 7) is 8.08. The predicted molar refractivity (Wildman–Crippen MR) is 87.7 cm³/mol. The molecule has 2 saturated heterocycles. The molecule has 23 heavy (non-hydrogen) atoms. The van der Waals surface area contributed by atoms with E-state index in [0.29, 0.717) is 11.7 Å². The Morgan fingerprint density at radius 2 is 2.30 bits per heavy atom. The molecule has 3 aliphatic heterocycles. The number of nitrogens with zero attached hydrogens (tertiary/aromatic N) is 2. The Bertz CT molecular complexity index is 574. The molecule has 0 spiro atoms. The third-order valence-electron chi connectivity index (χ3n) is 4.82. The van der Waals surface area contributed by atoms with Crippen molar-refractivity contribution in [1.82, 2.24) is 9.80 Å². The van der Waals surface area contributed by atoms with Gasteiger partial charge in [0.25, 0.3) is 0 Å². The largest absolute Gasteiger partial charge is 0.477 e. The van der Waals surface area contributed by atoms with Gasteiger partial charge in [0.05, 0.1) is 18.1 Å². The Balaban J connectivity index is 1.73.